The van der Waals surface area contributed by atoms with E-state index >= 15 is 0 Å². The number of amides is 1. The van der Waals surface area contributed by atoms with E-state index in [1.54, 1.807) is 33.8 Å². The van der Waals surface area contributed by atoms with Crippen molar-refractivity contribution in [1.29, 1.82) is 0 Å². The molecule has 0 radical (unpaired) electrons. The highest BCUT2D eigenvalue weighted by atomic mass is 35.5. The zero-order valence-corrected chi connectivity index (χ0v) is 14.3. The van der Waals surface area contributed by atoms with E-state index in [0.29, 0.717) is 28.8 Å². The molecule has 2 aromatic heterocycles. The van der Waals surface area contributed by atoms with Gasteiger partial charge in [-0.2, -0.15) is 5.10 Å². The summed E-state index contributed by atoms with van der Waals surface area (Å²) >= 11 is 11.9. The summed E-state index contributed by atoms with van der Waals surface area (Å²) in [7, 11) is 0. The van der Waals surface area contributed by atoms with Crippen LogP contribution in [-0.4, -0.2) is 30.5 Å². The maximum atomic E-state index is 12.1. The van der Waals surface area contributed by atoms with Gasteiger partial charge in [-0.1, -0.05) is 29.3 Å². The Bertz CT molecular complexity index is 872. The highest BCUT2D eigenvalue weighted by molar-refractivity contribution is 6.42. The first-order valence-corrected chi connectivity index (χ1v) is 7.99. The summed E-state index contributed by atoms with van der Waals surface area (Å²) in [5, 5.41) is 11.9. The fourth-order valence-corrected chi connectivity index (χ4v) is 2.40. The van der Waals surface area contributed by atoms with Crippen LogP contribution in [0.25, 0.3) is 0 Å². The van der Waals surface area contributed by atoms with Gasteiger partial charge in [0.05, 0.1) is 16.6 Å². The number of anilines is 1. The zero-order chi connectivity index (χ0) is 17.1. The molecule has 7 nitrogen and oxygen atoms in total. The third-order valence-corrected chi connectivity index (χ3v) is 4.03. The van der Waals surface area contributed by atoms with E-state index in [4.69, 9.17) is 23.2 Å². The number of aromatic nitrogens is 5. The number of nitrogens with one attached hydrogen (secondary N) is 1. The summed E-state index contributed by atoms with van der Waals surface area (Å²) in [4.78, 5) is 16.2. The number of nitrogens with zero attached hydrogens (tertiary/aromatic N) is 5. The molecule has 0 bridgehead atoms. The number of benzene rings is 1. The number of halogens is 2. The molecule has 0 atom stereocenters. The van der Waals surface area contributed by atoms with E-state index in [1.807, 2.05) is 13.0 Å². The first-order valence-electron chi connectivity index (χ1n) is 7.23. The van der Waals surface area contributed by atoms with Crippen LogP contribution in [0.2, 0.25) is 10.0 Å². The summed E-state index contributed by atoms with van der Waals surface area (Å²) in [5.74, 6) is -0.138. The maximum absolute atomic E-state index is 12.1. The van der Waals surface area contributed by atoms with Crippen LogP contribution < -0.4 is 5.32 Å². The lowest BCUT2D eigenvalue weighted by atomic mass is 10.2. The Labute approximate surface area is 148 Å². The average Bonchev–Trinajstić information content (AvgIpc) is 3.20. The van der Waals surface area contributed by atoms with E-state index in [9.17, 15) is 4.79 Å². The lowest BCUT2D eigenvalue weighted by Crippen LogP contribution is -2.14. The van der Waals surface area contributed by atoms with Crippen molar-refractivity contribution in [2.75, 3.05) is 5.32 Å². The molecule has 1 amide bonds. The molecule has 0 aliphatic carbocycles. The Hall–Kier alpha value is -2.38. The van der Waals surface area contributed by atoms with Crippen molar-refractivity contribution in [3.05, 3.63) is 58.1 Å². The molecule has 1 N–H and O–H groups in total. The number of hydrogen-bond acceptors (Lipinski definition) is 4. The van der Waals surface area contributed by atoms with Crippen LogP contribution in [0.5, 0.6) is 0 Å². The molecule has 2 heterocycles. The second-order valence-electron chi connectivity index (χ2n) is 5.03. The number of aryl methyl sites for hydroxylation is 1. The van der Waals surface area contributed by atoms with E-state index in [-0.39, 0.29) is 11.9 Å². The minimum absolute atomic E-state index is 0.214. The van der Waals surface area contributed by atoms with Gasteiger partial charge in [-0.25, -0.2) is 9.67 Å². The Balaban J connectivity index is 1.66. The third-order valence-electron chi connectivity index (χ3n) is 3.29. The van der Waals surface area contributed by atoms with Gasteiger partial charge in [0.15, 0.2) is 5.69 Å². The molecule has 0 unspecified atom stereocenters. The maximum Gasteiger partial charge on any atom is 0.278 e. The summed E-state index contributed by atoms with van der Waals surface area (Å²) in [6, 6.07) is 6.99. The van der Waals surface area contributed by atoms with Gasteiger partial charge in [0, 0.05) is 12.7 Å². The largest absolute Gasteiger partial charge is 0.288 e. The lowest BCUT2D eigenvalue weighted by molar-refractivity contribution is 0.102. The summed E-state index contributed by atoms with van der Waals surface area (Å²) in [6.45, 7) is 3.11. The number of carbonyl (C=O) groups excluding carboxylic acids is 1. The molecule has 3 aromatic rings. The fourth-order valence-electron chi connectivity index (χ4n) is 2.08. The lowest BCUT2D eigenvalue weighted by Gasteiger charge is -2.03. The SMILES string of the molecule is CCn1ccc(C(=O)Nc2ncn(Cc3ccc(Cl)c(Cl)c3)n2)n1. The Morgan fingerprint density at radius 2 is 2.00 bits per heavy atom. The molecule has 0 aliphatic heterocycles. The standard InChI is InChI=1S/C15H14Cl2N6O/c1-2-22-6-5-13(20-22)14(24)19-15-18-9-23(21-15)8-10-3-4-11(16)12(17)7-10/h3-7,9H,2,8H2,1H3,(H,19,21,24). The molecule has 0 saturated heterocycles. The molecule has 0 fully saturated rings. The molecule has 0 aliphatic rings. The van der Waals surface area contributed by atoms with Crippen LogP contribution in [-0.2, 0) is 13.1 Å². The first kappa shape index (κ1) is 16.5. The van der Waals surface area contributed by atoms with Crippen LogP contribution in [0.15, 0.2) is 36.8 Å². The van der Waals surface area contributed by atoms with Gasteiger partial charge in [-0.05, 0) is 30.7 Å². The van der Waals surface area contributed by atoms with Crippen molar-refractivity contribution in [3.8, 4) is 0 Å². The van der Waals surface area contributed by atoms with Crippen molar-refractivity contribution in [1.82, 2.24) is 24.5 Å². The highest BCUT2D eigenvalue weighted by Gasteiger charge is 2.12. The normalized spacial score (nSPS) is 10.8. The predicted octanol–water partition coefficient (Wildman–Crippen LogP) is 3.10. The Kier molecular flexibility index (Phi) is 4.82. The minimum Gasteiger partial charge on any atom is -0.288 e. The monoisotopic (exact) mass is 364 g/mol. The van der Waals surface area contributed by atoms with Crippen molar-refractivity contribution in [2.24, 2.45) is 0 Å². The van der Waals surface area contributed by atoms with Gasteiger partial charge in [-0.15, -0.1) is 5.10 Å². The fraction of sp³-hybridized carbons (Fsp3) is 0.200. The summed E-state index contributed by atoms with van der Waals surface area (Å²) < 4.78 is 3.27. The van der Waals surface area contributed by atoms with E-state index in [2.05, 4.69) is 20.5 Å². The third kappa shape index (κ3) is 3.74. The zero-order valence-electron chi connectivity index (χ0n) is 12.8. The van der Waals surface area contributed by atoms with Crippen molar-refractivity contribution < 1.29 is 4.79 Å². The van der Waals surface area contributed by atoms with Crippen LogP contribution in [0, 0.1) is 0 Å². The van der Waals surface area contributed by atoms with Gasteiger partial charge < -0.3 is 0 Å². The molecule has 3 rings (SSSR count). The van der Waals surface area contributed by atoms with Crippen LogP contribution in [0.1, 0.15) is 23.0 Å². The molecule has 24 heavy (non-hydrogen) atoms. The molecule has 1 aromatic carbocycles. The average molecular weight is 365 g/mol. The summed E-state index contributed by atoms with van der Waals surface area (Å²) in [5.41, 5.74) is 1.24. The highest BCUT2D eigenvalue weighted by Crippen LogP contribution is 2.22. The quantitative estimate of drug-likeness (QED) is 0.754. The molecule has 0 saturated carbocycles. The number of carbonyl (C=O) groups is 1. The van der Waals surface area contributed by atoms with Gasteiger partial charge in [-0.3, -0.25) is 14.8 Å². The van der Waals surface area contributed by atoms with E-state index in [1.165, 1.54) is 6.33 Å². The second kappa shape index (κ2) is 7.02. The van der Waals surface area contributed by atoms with Crippen molar-refractivity contribution in [2.45, 2.75) is 20.0 Å². The topological polar surface area (TPSA) is 77.6 Å². The van der Waals surface area contributed by atoms with E-state index < -0.39 is 0 Å². The number of rotatable bonds is 5. The minimum atomic E-state index is -0.352. The van der Waals surface area contributed by atoms with Gasteiger partial charge in [0.25, 0.3) is 5.91 Å². The van der Waals surface area contributed by atoms with Crippen LogP contribution in [0.4, 0.5) is 5.95 Å². The summed E-state index contributed by atoms with van der Waals surface area (Å²) in [6.07, 6.45) is 3.27. The Morgan fingerprint density at radius 1 is 1.17 bits per heavy atom. The van der Waals surface area contributed by atoms with Gasteiger partial charge in [0.2, 0.25) is 5.95 Å². The molecule has 0 spiro atoms. The van der Waals surface area contributed by atoms with Crippen molar-refractivity contribution >= 4 is 35.1 Å². The van der Waals surface area contributed by atoms with Crippen LogP contribution >= 0.6 is 23.2 Å². The molecular formula is C15H14Cl2N6O. The second-order valence-corrected chi connectivity index (χ2v) is 5.84. The first-order chi connectivity index (χ1) is 11.5. The van der Waals surface area contributed by atoms with E-state index in [0.717, 1.165) is 5.56 Å². The molecule has 124 valence electrons. The molecule has 9 heteroatoms. The molecular weight excluding hydrogens is 351 g/mol. The van der Waals surface area contributed by atoms with Gasteiger partial charge in [0.1, 0.15) is 6.33 Å². The Morgan fingerprint density at radius 3 is 2.71 bits per heavy atom. The van der Waals surface area contributed by atoms with Crippen LogP contribution in [0.3, 0.4) is 0 Å². The van der Waals surface area contributed by atoms with Crippen molar-refractivity contribution in [3.63, 3.8) is 0 Å². The smallest absolute Gasteiger partial charge is 0.278 e. The van der Waals surface area contributed by atoms with Gasteiger partial charge >= 0.3 is 0 Å². The predicted molar refractivity (Wildman–Crippen MR) is 91.4 cm³/mol. The number of hydrogen-bond donors (Lipinski definition) is 1.